The van der Waals surface area contributed by atoms with Gasteiger partial charge in [-0.15, -0.1) is 0 Å². The smallest absolute Gasteiger partial charge is 0.246 e. The van der Waals surface area contributed by atoms with Crippen LogP contribution in [0.5, 0.6) is 0 Å². The van der Waals surface area contributed by atoms with Crippen LogP contribution in [-0.4, -0.2) is 95.5 Å². The molecule has 2 N–H and O–H groups in total. The van der Waals surface area contributed by atoms with E-state index in [4.69, 9.17) is 27.9 Å². The van der Waals surface area contributed by atoms with Gasteiger partial charge in [-0.25, -0.2) is 0 Å². The summed E-state index contributed by atoms with van der Waals surface area (Å²) in [5.41, 5.74) is 0.591. The molecule has 1 saturated carbocycles. The number of hydrogen-bond donors (Lipinski definition) is 2. The number of amides is 3. The van der Waals surface area contributed by atoms with Gasteiger partial charge in [0.2, 0.25) is 17.7 Å². The summed E-state index contributed by atoms with van der Waals surface area (Å²) in [4.78, 5) is 48.9. The van der Waals surface area contributed by atoms with Crippen molar-refractivity contribution >= 4 is 46.6 Å². The van der Waals surface area contributed by atoms with Gasteiger partial charge in [-0.2, -0.15) is 0 Å². The van der Waals surface area contributed by atoms with Gasteiger partial charge in [0.1, 0.15) is 11.6 Å². The van der Waals surface area contributed by atoms with Crippen LogP contribution in [0.1, 0.15) is 44.1 Å². The molecule has 5 atom stereocenters. The molecular weight excluding hydrogens is 637 g/mol. The first kappa shape index (κ1) is 32.6. The highest BCUT2D eigenvalue weighted by molar-refractivity contribution is 6.35. The van der Waals surface area contributed by atoms with Gasteiger partial charge in [-0.1, -0.05) is 84.9 Å². The highest BCUT2D eigenvalue weighted by Crippen LogP contribution is 2.55. The number of halogens is 2. The van der Waals surface area contributed by atoms with Crippen molar-refractivity contribution < 1.29 is 19.1 Å². The molecule has 2 aromatic rings. The van der Waals surface area contributed by atoms with E-state index >= 15 is 0 Å². The molecular formula is C36H43Cl2N5O4. The molecule has 0 radical (unpaired) electrons. The number of anilines is 1. The normalized spacial score (nSPS) is 29.3. The molecule has 2 aromatic carbocycles. The van der Waals surface area contributed by atoms with E-state index in [0.29, 0.717) is 22.3 Å². The summed E-state index contributed by atoms with van der Waals surface area (Å²) in [5, 5.41) is 6.97. The van der Waals surface area contributed by atoms with E-state index in [1.807, 2.05) is 18.2 Å². The Morgan fingerprint density at radius 1 is 0.894 bits per heavy atom. The molecule has 250 valence electrons. The van der Waals surface area contributed by atoms with Crippen LogP contribution in [0.2, 0.25) is 10.0 Å². The lowest BCUT2D eigenvalue weighted by atomic mass is 9.74. The number of likely N-dealkylation sites (tertiary alicyclic amines) is 1. The summed E-state index contributed by atoms with van der Waals surface area (Å²) in [6.45, 7) is 6.10. The fraction of sp³-hybridized carbons (Fsp3) is 0.528. The lowest BCUT2D eigenvalue weighted by molar-refractivity contribution is -0.141. The van der Waals surface area contributed by atoms with E-state index in [1.54, 1.807) is 23.1 Å². The van der Waals surface area contributed by atoms with Gasteiger partial charge < -0.3 is 25.2 Å². The zero-order valence-electron chi connectivity index (χ0n) is 26.6. The Bertz CT molecular complexity index is 1490. The fourth-order valence-electron chi connectivity index (χ4n) is 8.36. The van der Waals surface area contributed by atoms with Gasteiger partial charge in [-0.3, -0.25) is 19.3 Å². The summed E-state index contributed by atoms with van der Waals surface area (Å²) >= 11 is 12.4. The maximum Gasteiger partial charge on any atom is 0.246 e. The van der Waals surface area contributed by atoms with Crippen molar-refractivity contribution in [2.45, 2.75) is 68.9 Å². The number of nitrogens with one attached hydrogen (secondary N) is 2. The third-order valence-electron chi connectivity index (χ3n) is 10.6. The van der Waals surface area contributed by atoms with Gasteiger partial charge in [0.15, 0.2) is 0 Å². The number of hydrogen-bond acceptors (Lipinski definition) is 6. The van der Waals surface area contributed by atoms with Crippen molar-refractivity contribution in [1.29, 1.82) is 0 Å². The van der Waals surface area contributed by atoms with Gasteiger partial charge in [0, 0.05) is 61.0 Å². The average Bonchev–Trinajstić information content (AvgIpc) is 3.70. The highest BCUT2D eigenvalue weighted by atomic mass is 35.5. The summed E-state index contributed by atoms with van der Waals surface area (Å²) in [6, 6.07) is 14.6. The number of benzene rings is 2. The molecule has 1 spiro atoms. The molecule has 3 amide bonds. The average molecular weight is 681 g/mol. The molecule has 4 heterocycles. The number of rotatable bonds is 10. The summed E-state index contributed by atoms with van der Waals surface area (Å²) in [5.74, 6) is -2.30. The van der Waals surface area contributed by atoms with Crippen LogP contribution in [0.4, 0.5) is 5.69 Å². The number of carbonyl (C=O) groups is 3. The van der Waals surface area contributed by atoms with Crippen molar-refractivity contribution in [1.82, 2.24) is 20.0 Å². The first-order valence-corrected chi connectivity index (χ1v) is 17.8. The highest BCUT2D eigenvalue weighted by Gasteiger charge is 2.72. The number of ether oxygens (including phenoxy) is 1. The molecule has 11 heteroatoms. The van der Waals surface area contributed by atoms with Crippen LogP contribution in [0.15, 0.2) is 60.7 Å². The van der Waals surface area contributed by atoms with Crippen molar-refractivity contribution in [3.8, 4) is 0 Å². The van der Waals surface area contributed by atoms with Gasteiger partial charge in [-0.05, 0) is 49.6 Å². The summed E-state index contributed by atoms with van der Waals surface area (Å²) < 4.78 is 6.52. The van der Waals surface area contributed by atoms with Crippen LogP contribution in [-0.2, 0) is 25.7 Å². The van der Waals surface area contributed by atoms with Crippen molar-refractivity contribution in [2.75, 3.05) is 44.6 Å². The van der Waals surface area contributed by atoms with E-state index in [0.717, 1.165) is 71.4 Å². The van der Waals surface area contributed by atoms with Crippen molar-refractivity contribution in [3.05, 3.63) is 76.3 Å². The Morgan fingerprint density at radius 2 is 1.60 bits per heavy atom. The zero-order chi connectivity index (χ0) is 32.5. The first-order valence-electron chi connectivity index (χ1n) is 17.0. The Morgan fingerprint density at radius 3 is 2.32 bits per heavy atom. The Hall–Kier alpha value is -2.95. The van der Waals surface area contributed by atoms with Gasteiger partial charge in [0.05, 0.1) is 17.9 Å². The second-order valence-corrected chi connectivity index (χ2v) is 14.6. The van der Waals surface area contributed by atoms with Crippen LogP contribution in [0.25, 0.3) is 0 Å². The topological polar surface area (TPSA) is 94.2 Å². The van der Waals surface area contributed by atoms with Crippen LogP contribution in [0.3, 0.4) is 0 Å². The number of carbonyl (C=O) groups excluding carboxylic acids is 3. The lowest BCUT2D eigenvalue weighted by Crippen LogP contribution is -2.56. The van der Waals surface area contributed by atoms with E-state index in [9.17, 15) is 14.4 Å². The number of nitrogens with zero attached hydrogens (tertiary/aromatic N) is 3. The molecule has 4 fully saturated rings. The van der Waals surface area contributed by atoms with Crippen LogP contribution < -0.4 is 10.6 Å². The Labute approximate surface area is 286 Å². The Balaban J connectivity index is 1.04. The molecule has 0 aromatic heterocycles. The second-order valence-electron chi connectivity index (χ2n) is 13.7. The molecule has 1 aliphatic carbocycles. The monoisotopic (exact) mass is 679 g/mol. The largest absolute Gasteiger partial charge is 0.359 e. The van der Waals surface area contributed by atoms with Crippen LogP contribution in [0, 0.1) is 11.8 Å². The fourth-order valence-corrected chi connectivity index (χ4v) is 8.89. The molecule has 3 saturated heterocycles. The second kappa shape index (κ2) is 13.9. The Kier molecular flexibility index (Phi) is 9.63. The SMILES string of the molecule is O=C(Nc1cc(Cl)cc(Cl)c1)[C@H]1[C@@H]2C=C[C@]3(O2)[C@@H]1C(=O)N(CCCN1CCN(Cc2ccccc2)CC1)[C@H]3C(=O)NC1CCCCC1. The van der Waals surface area contributed by atoms with Crippen molar-refractivity contribution in [2.24, 2.45) is 11.8 Å². The van der Waals surface area contributed by atoms with E-state index < -0.39 is 29.6 Å². The minimum absolute atomic E-state index is 0.0880. The van der Waals surface area contributed by atoms with E-state index in [2.05, 4.69) is 44.7 Å². The van der Waals surface area contributed by atoms with Gasteiger partial charge >= 0.3 is 0 Å². The predicted molar refractivity (Wildman–Crippen MR) is 182 cm³/mol. The minimum Gasteiger partial charge on any atom is -0.359 e. The van der Waals surface area contributed by atoms with E-state index in [-0.39, 0.29) is 23.8 Å². The molecule has 5 aliphatic rings. The molecule has 2 bridgehead atoms. The number of piperazine rings is 1. The zero-order valence-corrected chi connectivity index (χ0v) is 28.1. The number of fused-ring (bicyclic) bond motifs is 1. The molecule has 47 heavy (non-hydrogen) atoms. The summed E-state index contributed by atoms with van der Waals surface area (Å²) in [6.07, 6.45) is 9.06. The molecule has 0 unspecified atom stereocenters. The molecule has 7 rings (SSSR count). The summed E-state index contributed by atoms with van der Waals surface area (Å²) in [7, 11) is 0. The standard InChI is InChI=1S/C36H43Cl2N5O4/c37-25-20-26(38)22-28(21-25)40-33(44)30-29-12-13-36(47-29)31(30)35(46)43(32(36)34(45)39-27-10-5-2-6-11-27)15-7-14-41-16-18-42(19-17-41)23-24-8-3-1-4-9-24/h1,3-4,8-9,12-13,20-22,27,29-32H,2,5-7,10-11,14-19,23H2,(H,39,45)(H,40,44)/t29-,30-,31-,32-,36-/m0/s1. The van der Waals surface area contributed by atoms with E-state index in [1.165, 1.54) is 12.0 Å². The van der Waals surface area contributed by atoms with Crippen LogP contribution >= 0.6 is 23.2 Å². The first-order chi connectivity index (χ1) is 22.8. The van der Waals surface area contributed by atoms with Gasteiger partial charge in [0.25, 0.3) is 0 Å². The predicted octanol–water partition coefficient (Wildman–Crippen LogP) is 4.74. The minimum atomic E-state index is -1.18. The molecule has 4 aliphatic heterocycles. The third-order valence-corrected chi connectivity index (χ3v) is 11.0. The lowest BCUT2D eigenvalue weighted by Gasteiger charge is -2.36. The quantitative estimate of drug-likeness (QED) is 0.353. The van der Waals surface area contributed by atoms with Crippen molar-refractivity contribution in [3.63, 3.8) is 0 Å². The maximum absolute atomic E-state index is 14.3. The third kappa shape index (κ3) is 6.70. The maximum atomic E-state index is 14.3. The molecule has 9 nitrogen and oxygen atoms in total.